The molecule has 0 radical (unpaired) electrons. The van der Waals surface area contributed by atoms with Crippen molar-refractivity contribution in [1.82, 2.24) is 9.55 Å². The molecule has 0 unspecified atom stereocenters. The van der Waals surface area contributed by atoms with E-state index in [4.69, 9.17) is 9.15 Å². The van der Waals surface area contributed by atoms with Crippen molar-refractivity contribution in [1.29, 1.82) is 0 Å². The number of fused-ring (bicyclic) bond motifs is 1. The number of hydrogen-bond acceptors (Lipinski definition) is 5. The summed E-state index contributed by atoms with van der Waals surface area (Å²) in [6, 6.07) is 10.6. The van der Waals surface area contributed by atoms with Crippen LogP contribution >= 0.6 is 0 Å². The minimum atomic E-state index is -0.721. The van der Waals surface area contributed by atoms with Gasteiger partial charge in [0, 0.05) is 6.20 Å². The van der Waals surface area contributed by atoms with E-state index in [2.05, 4.69) is 4.98 Å². The zero-order valence-corrected chi connectivity index (χ0v) is 11.3. The van der Waals surface area contributed by atoms with E-state index >= 15 is 0 Å². The largest absolute Gasteiger partial charge is 0.497 e. The van der Waals surface area contributed by atoms with E-state index in [-0.39, 0.29) is 12.1 Å². The quantitative estimate of drug-likeness (QED) is 0.727. The molecule has 0 aliphatic rings. The molecule has 0 N–H and O–H groups in total. The normalized spacial score (nSPS) is 10.7. The van der Waals surface area contributed by atoms with E-state index in [1.807, 2.05) is 12.1 Å². The van der Waals surface area contributed by atoms with Crippen LogP contribution in [0.3, 0.4) is 0 Å². The summed E-state index contributed by atoms with van der Waals surface area (Å²) in [4.78, 5) is 27.5. The Kier molecular flexibility index (Phi) is 3.27. The number of ether oxygens (including phenoxy) is 1. The van der Waals surface area contributed by atoms with Crippen LogP contribution in [0.15, 0.2) is 56.6 Å². The van der Waals surface area contributed by atoms with Gasteiger partial charge in [0.1, 0.15) is 5.75 Å². The van der Waals surface area contributed by atoms with Crippen LogP contribution in [0.4, 0.5) is 0 Å². The summed E-state index contributed by atoms with van der Waals surface area (Å²) in [6.45, 7) is 0.287. The lowest BCUT2D eigenvalue weighted by molar-refractivity contribution is 0.414. The number of benzene rings is 1. The van der Waals surface area contributed by atoms with Crippen LogP contribution in [-0.4, -0.2) is 16.7 Å². The van der Waals surface area contributed by atoms with Gasteiger partial charge in [-0.2, -0.15) is 0 Å². The molecular weight excluding hydrogens is 272 g/mol. The highest BCUT2D eigenvalue weighted by molar-refractivity contribution is 5.72. The lowest BCUT2D eigenvalue weighted by Crippen LogP contribution is -2.26. The fourth-order valence-corrected chi connectivity index (χ4v) is 2.12. The first-order valence-corrected chi connectivity index (χ1v) is 6.30. The molecule has 106 valence electrons. The van der Waals surface area contributed by atoms with Gasteiger partial charge < -0.3 is 9.15 Å². The molecule has 0 atom stereocenters. The molecule has 0 bridgehead atoms. The van der Waals surface area contributed by atoms with Crippen LogP contribution in [0.1, 0.15) is 5.56 Å². The number of nitrogens with zero attached hydrogens (tertiary/aromatic N) is 2. The highest BCUT2D eigenvalue weighted by atomic mass is 16.5. The van der Waals surface area contributed by atoms with E-state index in [9.17, 15) is 9.59 Å². The molecule has 6 nitrogen and oxygen atoms in total. The Morgan fingerprint density at radius 2 is 1.95 bits per heavy atom. The van der Waals surface area contributed by atoms with E-state index < -0.39 is 11.4 Å². The van der Waals surface area contributed by atoms with Crippen molar-refractivity contribution in [2.75, 3.05) is 7.11 Å². The molecule has 0 saturated carbocycles. The molecule has 0 aliphatic carbocycles. The molecule has 3 aromatic rings. The highest BCUT2D eigenvalue weighted by Crippen LogP contribution is 2.13. The number of hydrogen-bond donors (Lipinski definition) is 0. The molecule has 2 heterocycles. The summed E-state index contributed by atoms with van der Waals surface area (Å²) in [7, 11) is 1.59. The van der Waals surface area contributed by atoms with Gasteiger partial charge >= 0.3 is 11.4 Å². The molecule has 21 heavy (non-hydrogen) atoms. The average Bonchev–Trinajstić information content (AvgIpc) is 2.52. The molecule has 0 saturated heterocycles. The Labute approximate surface area is 119 Å². The molecule has 1 aromatic carbocycles. The minimum Gasteiger partial charge on any atom is -0.497 e. The van der Waals surface area contributed by atoms with Crippen LogP contribution in [-0.2, 0) is 6.54 Å². The predicted molar refractivity (Wildman–Crippen MR) is 76.6 cm³/mol. The zero-order valence-electron chi connectivity index (χ0n) is 11.3. The summed E-state index contributed by atoms with van der Waals surface area (Å²) >= 11 is 0. The van der Waals surface area contributed by atoms with E-state index in [0.717, 1.165) is 11.3 Å². The van der Waals surface area contributed by atoms with Crippen LogP contribution in [0.5, 0.6) is 5.75 Å². The number of rotatable bonds is 3. The third-order valence-corrected chi connectivity index (χ3v) is 3.17. The Morgan fingerprint density at radius 1 is 1.19 bits per heavy atom. The third kappa shape index (κ3) is 2.43. The van der Waals surface area contributed by atoms with Gasteiger partial charge in [0.2, 0.25) is 0 Å². The summed E-state index contributed by atoms with van der Waals surface area (Å²) < 4.78 is 11.2. The number of pyridine rings is 1. The first-order valence-electron chi connectivity index (χ1n) is 6.30. The lowest BCUT2D eigenvalue weighted by Gasteiger charge is -2.08. The van der Waals surface area contributed by atoms with Crippen LogP contribution < -0.4 is 16.1 Å². The Hall–Kier alpha value is -2.89. The van der Waals surface area contributed by atoms with Gasteiger partial charge in [-0.1, -0.05) is 12.1 Å². The van der Waals surface area contributed by atoms with E-state index in [1.165, 1.54) is 10.8 Å². The molecule has 6 heteroatoms. The second-order valence-electron chi connectivity index (χ2n) is 4.46. The fourth-order valence-electron chi connectivity index (χ4n) is 2.12. The molecule has 0 fully saturated rings. The van der Waals surface area contributed by atoms with E-state index in [0.29, 0.717) is 5.52 Å². The van der Waals surface area contributed by atoms with Gasteiger partial charge in [-0.15, -0.1) is 0 Å². The van der Waals surface area contributed by atoms with Crippen molar-refractivity contribution in [3.05, 3.63) is 69.1 Å². The van der Waals surface area contributed by atoms with Crippen molar-refractivity contribution in [3.8, 4) is 5.75 Å². The maximum absolute atomic E-state index is 11.9. The molecule has 3 rings (SSSR count). The third-order valence-electron chi connectivity index (χ3n) is 3.17. The fraction of sp³-hybridized carbons (Fsp3) is 0.133. The monoisotopic (exact) mass is 284 g/mol. The molecule has 0 spiro atoms. The molecule has 2 aromatic heterocycles. The average molecular weight is 284 g/mol. The van der Waals surface area contributed by atoms with Gasteiger partial charge in [0.25, 0.3) is 0 Å². The Bertz CT molecular complexity index is 894. The van der Waals surface area contributed by atoms with Crippen molar-refractivity contribution in [2.45, 2.75) is 6.54 Å². The maximum atomic E-state index is 11.9. The Morgan fingerprint density at radius 3 is 2.67 bits per heavy atom. The van der Waals surface area contributed by atoms with E-state index in [1.54, 1.807) is 31.4 Å². The topological polar surface area (TPSA) is 74.3 Å². The van der Waals surface area contributed by atoms with Crippen molar-refractivity contribution >= 4 is 11.0 Å². The van der Waals surface area contributed by atoms with Crippen LogP contribution in [0.25, 0.3) is 11.0 Å². The minimum absolute atomic E-state index is 0.144. The summed E-state index contributed by atoms with van der Waals surface area (Å²) in [5, 5.41) is 0. The van der Waals surface area contributed by atoms with Crippen LogP contribution in [0, 0.1) is 0 Å². The van der Waals surface area contributed by atoms with Gasteiger partial charge in [-0.25, -0.2) is 14.6 Å². The van der Waals surface area contributed by atoms with Crippen molar-refractivity contribution in [2.24, 2.45) is 0 Å². The van der Waals surface area contributed by atoms with Crippen molar-refractivity contribution < 1.29 is 9.15 Å². The van der Waals surface area contributed by atoms with Crippen molar-refractivity contribution in [3.63, 3.8) is 0 Å². The summed E-state index contributed by atoms with van der Waals surface area (Å²) in [5.74, 6) is 0.0357. The Balaban J connectivity index is 2.11. The summed E-state index contributed by atoms with van der Waals surface area (Å²) in [6.07, 6.45) is 1.49. The first-order chi connectivity index (χ1) is 10.2. The van der Waals surface area contributed by atoms with Gasteiger partial charge in [-0.05, 0) is 29.8 Å². The lowest BCUT2D eigenvalue weighted by atomic mass is 10.2. The standard InChI is InChI=1S/C15H12N2O4/c1-20-11-6-4-10(5-7-11)9-17-12-3-2-8-16-13(12)14(18)21-15(17)19/h2-8H,9H2,1H3. The van der Waals surface area contributed by atoms with Gasteiger partial charge in [-0.3, -0.25) is 4.57 Å². The summed E-state index contributed by atoms with van der Waals surface area (Å²) in [5.41, 5.74) is 0.763. The first kappa shape index (κ1) is 13.1. The van der Waals surface area contributed by atoms with Gasteiger partial charge in [0.15, 0.2) is 5.52 Å². The molecule has 0 amide bonds. The number of aromatic nitrogens is 2. The second-order valence-corrected chi connectivity index (χ2v) is 4.46. The highest BCUT2D eigenvalue weighted by Gasteiger charge is 2.10. The number of methoxy groups -OCH3 is 1. The molecular formula is C15H12N2O4. The molecule has 0 aliphatic heterocycles. The predicted octanol–water partition coefficient (Wildman–Crippen LogP) is 1.41. The van der Waals surface area contributed by atoms with Gasteiger partial charge in [0.05, 0.1) is 19.2 Å². The SMILES string of the molecule is COc1ccc(Cn2c(=O)oc(=O)c3ncccc32)cc1. The van der Waals surface area contributed by atoms with Crippen LogP contribution in [0.2, 0.25) is 0 Å². The second kappa shape index (κ2) is 5.24. The maximum Gasteiger partial charge on any atom is 0.422 e. The smallest absolute Gasteiger partial charge is 0.422 e. The zero-order chi connectivity index (χ0) is 14.8.